The van der Waals surface area contributed by atoms with Gasteiger partial charge in [0, 0.05) is 0 Å². The molecule has 26 heavy (non-hydrogen) atoms. The zero-order chi connectivity index (χ0) is 18.7. The minimum Gasteiger partial charge on any atom is -0.493 e. The molecule has 0 saturated carbocycles. The van der Waals surface area contributed by atoms with Crippen LogP contribution in [0.25, 0.3) is 6.08 Å². The first-order chi connectivity index (χ1) is 12.5. The van der Waals surface area contributed by atoms with Gasteiger partial charge in [0.2, 0.25) is 0 Å². The first kappa shape index (κ1) is 18.1. The highest BCUT2D eigenvalue weighted by molar-refractivity contribution is 8.18. The first-order valence-corrected chi connectivity index (χ1v) is 8.90. The van der Waals surface area contributed by atoms with Gasteiger partial charge >= 0.3 is 0 Å². The lowest BCUT2D eigenvalue weighted by Gasteiger charge is -2.10. The van der Waals surface area contributed by atoms with Gasteiger partial charge in [-0.2, -0.15) is 0 Å². The molecule has 2 aromatic rings. The van der Waals surface area contributed by atoms with Gasteiger partial charge in [-0.05, 0) is 67.1 Å². The average molecular weight is 368 g/mol. The van der Waals surface area contributed by atoms with Crippen molar-refractivity contribution in [2.24, 2.45) is 4.99 Å². The molecule has 1 amide bonds. The summed E-state index contributed by atoms with van der Waals surface area (Å²) in [6, 6.07) is 11.6. The van der Waals surface area contributed by atoms with Crippen LogP contribution < -0.4 is 14.8 Å². The Bertz CT molecular complexity index is 902. The summed E-state index contributed by atoms with van der Waals surface area (Å²) in [6.07, 6.45) is 1.84. The number of aliphatic imine (C=N–C) groups is 1. The number of hydrogen-bond acceptors (Lipinski definition) is 5. The molecule has 3 rings (SSSR count). The van der Waals surface area contributed by atoms with E-state index < -0.39 is 0 Å². The highest BCUT2D eigenvalue weighted by atomic mass is 32.2. The number of ether oxygens (including phenoxy) is 2. The normalized spacial score (nSPS) is 16.8. The maximum absolute atomic E-state index is 12.3. The Hall–Kier alpha value is -2.73. The molecule has 0 atom stereocenters. The van der Waals surface area contributed by atoms with Crippen molar-refractivity contribution < 1.29 is 14.3 Å². The fraction of sp³-hybridized carbons (Fsp3) is 0.200. The molecule has 1 heterocycles. The molecular weight excluding hydrogens is 348 g/mol. The second-order valence-electron chi connectivity index (χ2n) is 5.88. The summed E-state index contributed by atoms with van der Waals surface area (Å²) in [5, 5.41) is 3.38. The molecule has 0 aliphatic carbocycles. The predicted molar refractivity (Wildman–Crippen MR) is 106 cm³/mol. The molecule has 1 N–H and O–H groups in total. The predicted octanol–water partition coefficient (Wildman–Crippen LogP) is 4.21. The van der Waals surface area contributed by atoms with Crippen molar-refractivity contribution >= 4 is 34.6 Å². The molecule has 5 nitrogen and oxygen atoms in total. The van der Waals surface area contributed by atoms with Gasteiger partial charge in [-0.3, -0.25) is 4.79 Å². The monoisotopic (exact) mass is 368 g/mol. The van der Waals surface area contributed by atoms with Gasteiger partial charge in [0.15, 0.2) is 16.7 Å². The zero-order valence-electron chi connectivity index (χ0n) is 15.1. The van der Waals surface area contributed by atoms with E-state index in [4.69, 9.17) is 9.47 Å². The van der Waals surface area contributed by atoms with E-state index in [0.29, 0.717) is 21.6 Å². The molecule has 1 aliphatic rings. The van der Waals surface area contributed by atoms with E-state index >= 15 is 0 Å². The van der Waals surface area contributed by atoms with Crippen LogP contribution in [0.5, 0.6) is 11.5 Å². The van der Waals surface area contributed by atoms with E-state index in [1.165, 1.54) is 17.3 Å². The molecule has 0 radical (unpaired) electrons. The van der Waals surface area contributed by atoms with Gasteiger partial charge in [-0.1, -0.05) is 17.7 Å². The van der Waals surface area contributed by atoms with Crippen molar-refractivity contribution in [3.05, 3.63) is 58.0 Å². The minimum atomic E-state index is -0.157. The molecule has 0 bridgehead atoms. The smallest absolute Gasteiger partial charge is 0.264 e. The largest absolute Gasteiger partial charge is 0.493 e. The lowest BCUT2D eigenvalue weighted by Crippen LogP contribution is -2.19. The number of nitrogens with zero attached hydrogens (tertiary/aromatic N) is 1. The van der Waals surface area contributed by atoms with Crippen LogP contribution in [-0.4, -0.2) is 25.3 Å². The third kappa shape index (κ3) is 3.91. The number of methoxy groups -OCH3 is 2. The van der Waals surface area contributed by atoms with E-state index in [2.05, 4.69) is 10.3 Å². The Morgan fingerprint density at radius 1 is 1.04 bits per heavy atom. The SMILES string of the molecule is COc1cc(C)c(/C=C2\SC(=Nc3ccc(C)cc3)NC2=O)cc1OC. The maximum Gasteiger partial charge on any atom is 0.264 e. The summed E-state index contributed by atoms with van der Waals surface area (Å²) in [6.45, 7) is 3.99. The molecule has 0 aromatic heterocycles. The molecule has 1 aliphatic heterocycles. The topological polar surface area (TPSA) is 59.9 Å². The van der Waals surface area contributed by atoms with Gasteiger partial charge in [0.25, 0.3) is 5.91 Å². The van der Waals surface area contributed by atoms with E-state index in [0.717, 1.165) is 16.8 Å². The standard InChI is InChI=1S/C20H20N2O3S/c1-12-5-7-15(8-6-12)21-20-22-19(23)18(26-20)11-14-10-17(25-4)16(24-3)9-13(14)2/h5-11H,1-4H3,(H,21,22,23)/b18-11-. The number of amides is 1. The number of rotatable bonds is 4. The molecular formula is C20H20N2O3S. The number of amidine groups is 1. The maximum atomic E-state index is 12.3. The second-order valence-corrected chi connectivity index (χ2v) is 6.91. The van der Waals surface area contributed by atoms with E-state index in [9.17, 15) is 4.79 Å². The van der Waals surface area contributed by atoms with Gasteiger partial charge in [-0.15, -0.1) is 0 Å². The van der Waals surface area contributed by atoms with Crippen molar-refractivity contribution in [2.75, 3.05) is 14.2 Å². The van der Waals surface area contributed by atoms with Gasteiger partial charge < -0.3 is 14.8 Å². The Labute approximate surface area is 157 Å². The Morgan fingerprint density at radius 3 is 2.35 bits per heavy atom. The van der Waals surface area contributed by atoms with Crippen molar-refractivity contribution in [3.8, 4) is 11.5 Å². The van der Waals surface area contributed by atoms with E-state index in [1.54, 1.807) is 14.2 Å². The number of aryl methyl sites for hydroxylation is 2. The molecule has 0 unspecified atom stereocenters. The van der Waals surface area contributed by atoms with Crippen LogP contribution >= 0.6 is 11.8 Å². The van der Waals surface area contributed by atoms with Crippen LogP contribution in [0.2, 0.25) is 0 Å². The summed E-state index contributed by atoms with van der Waals surface area (Å²) >= 11 is 1.32. The van der Waals surface area contributed by atoms with Crippen molar-refractivity contribution in [1.29, 1.82) is 0 Å². The fourth-order valence-electron chi connectivity index (χ4n) is 2.51. The summed E-state index contributed by atoms with van der Waals surface area (Å²) in [7, 11) is 3.19. The number of benzene rings is 2. The first-order valence-electron chi connectivity index (χ1n) is 8.09. The van der Waals surface area contributed by atoms with Crippen LogP contribution in [0, 0.1) is 13.8 Å². The van der Waals surface area contributed by atoms with Crippen LogP contribution in [0.1, 0.15) is 16.7 Å². The molecule has 1 saturated heterocycles. The Kier molecular flexibility index (Phi) is 5.32. The fourth-order valence-corrected chi connectivity index (χ4v) is 3.34. The lowest BCUT2D eigenvalue weighted by molar-refractivity contribution is -0.115. The highest BCUT2D eigenvalue weighted by Gasteiger charge is 2.24. The summed E-state index contributed by atoms with van der Waals surface area (Å²) in [5.41, 5.74) is 3.87. The number of thioether (sulfide) groups is 1. The van der Waals surface area contributed by atoms with Gasteiger partial charge in [-0.25, -0.2) is 4.99 Å². The summed E-state index contributed by atoms with van der Waals surface area (Å²) in [5.74, 6) is 1.13. The molecule has 0 spiro atoms. The van der Waals surface area contributed by atoms with E-state index in [-0.39, 0.29) is 5.91 Å². The van der Waals surface area contributed by atoms with Gasteiger partial charge in [0.05, 0.1) is 24.8 Å². The van der Waals surface area contributed by atoms with Crippen LogP contribution in [-0.2, 0) is 4.79 Å². The Morgan fingerprint density at radius 2 is 1.69 bits per heavy atom. The highest BCUT2D eigenvalue weighted by Crippen LogP contribution is 2.34. The number of carbonyl (C=O) groups is 1. The number of hydrogen-bond donors (Lipinski definition) is 1. The van der Waals surface area contributed by atoms with Crippen LogP contribution in [0.4, 0.5) is 5.69 Å². The third-order valence-corrected chi connectivity index (χ3v) is 4.88. The zero-order valence-corrected chi connectivity index (χ0v) is 15.9. The summed E-state index contributed by atoms with van der Waals surface area (Å²) < 4.78 is 10.7. The van der Waals surface area contributed by atoms with Crippen LogP contribution in [0.3, 0.4) is 0 Å². The van der Waals surface area contributed by atoms with Gasteiger partial charge in [0.1, 0.15) is 0 Å². The molecule has 1 fully saturated rings. The molecule has 2 aromatic carbocycles. The average Bonchev–Trinajstić information content (AvgIpc) is 2.97. The minimum absolute atomic E-state index is 0.157. The Balaban J connectivity index is 1.88. The van der Waals surface area contributed by atoms with E-state index in [1.807, 2.05) is 56.3 Å². The van der Waals surface area contributed by atoms with Crippen molar-refractivity contribution in [3.63, 3.8) is 0 Å². The molecule has 6 heteroatoms. The summed E-state index contributed by atoms with van der Waals surface area (Å²) in [4.78, 5) is 17.4. The quantitative estimate of drug-likeness (QED) is 0.821. The van der Waals surface area contributed by atoms with Crippen molar-refractivity contribution in [1.82, 2.24) is 5.32 Å². The second kappa shape index (κ2) is 7.66. The lowest BCUT2D eigenvalue weighted by atomic mass is 10.1. The third-order valence-electron chi connectivity index (χ3n) is 3.97. The number of carbonyl (C=O) groups excluding carboxylic acids is 1. The van der Waals surface area contributed by atoms with Crippen LogP contribution in [0.15, 0.2) is 46.3 Å². The van der Waals surface area contributed by atoms with Crippen molar-refractivity contribution in [2.45, 2.75) is 13.8 Å². The molecule has 134 valence electrons. The number of nitrogens with one attached hydrogen (secondary N) is 1.